The number of ketones is 1. The first-order chi connectivity index (χ1) is 18.6. The summed E-state index contributed by atoms with van der Waals surface area (Å²) in [5.74, 6) is 1.29. The normalized spacial score (nSPS) is 16.9. The second-order valence-corrected chi connectivity index (χ2v) is 8.95. The van der Waals surface area contributed by atoms with Gasteiger partial charge in [-0.15, -0.1) is 0 Å². The number of fused-ring (bicyclic) bond motifs is 3. The standard InChI is InChI=1S/C31H23NO6/c1-35-25-11-3-2-7-20(25)16-27-30(34)23-12-13-26-29(31(23)38-27)24(17-28(33)37-26)19-8-6-10-22(15-19)36-18-21-9-4-5-14-32-21/h2-16,24H,17-18H2,1H3. The maximum atomic E-state index is 13.3. The number of methoxy groups -OCH3 is 1. The van der Waals surface area contributed by atoms with E-state index < -0.39 is 0 Å². The number of rotatable bonds is 6. The van der Waals surface area contributed by atoms with Crippen LogP contribution in [0.4, 0.5) is 0 Å². The minimum atomic E-state index is -0.377. The number of allylic oxidation sites excluding steroid dienone is 1. The lowest BCUT2D eigenvalue weighted by Crippen LogP contribution is -2.21. The van der Waals surface area contributed by atoms with E-state index in [1.165, 1.54) is 0 Å². The number of nitrogens with zero attached hydrogens (tertiary/aromatic N) is 1. The molecule has 0 saturated heterocycles. The number of pyridine rings is 1. The van der Waals surface area contributed by atoms with E-state index in [1.54, 1.807) is 31.5 Å². The fourth-order valence-electron chi connectivity index (χ4n) is 4.78. The maximum absolute atomic E-state index is 13.3. The Morgan fingerprint density at radius 3 is 2.68 bits per heavy atom. The molecule has 0 amide bonds. The predicted octanol–water partition coefficient (Wildman–Crippen LogP) is 5.73. The van der Waals surface area contributed by atoms with Crippen LogP contribution in [-0.2, 0) is 11.4 Å². The highest BCUT2D eigenvalue weighted by molar-refractivity contribution is 6.15. The van der Waals surface area contributed by atoms with E-state index in [2.05, 4.69) is 4.98 Å². The Hall–Kier alpha value is -4.91. The maximum Gasteiger partial charge on any atom is 0.312 e. The number of hydrogen-bond acceptors (Lipinski definition) is 7. The van der Waals surface area contributed by atoms with Crippen molar-refractivity contribution in [1.82, 2.24) is 4.98 Å². The largest absolute Gasteiger partial charge is 0.496 e. The lowest BCUT2D eigenvalue weighted by Gasteiger charge is -2.26. The van der Waals surface area contributed by atoms with Gasteiger partial charge in [-0.3, -0.25) is 14.6 Å². The molecule has 7 nitrogen and oxygen atoms in total. The van der Waals surface area contributed by atoms with Gasteiger partial charge < -0.3 is 18.9 Å². The zero-order chi connectivity index (χ0) is 26.1. The molecule has 2 aliphatic rings. The summed E-state index contributed by atoms with van der Waals surface area (Å²) < 4.78 is 23.1. The molecule has 4 aromatic rings. The van der Waals surface area contributed by atoms with Crippen LogP contribution in [0.15, 0.2) is 90.8 Å². The molecule has 2 aliphatic heterocycles. The average Bonchev–Trinajstić information content (AvgIpc) is 3.27. The fourth-order valence-corrected chi connectivity index (χ4v) is 4.78. The Labute approximate surface area is 219 Å². The molecule has 3 aromatic carbocycles. The second-order valence-electron chi connectivity index (χ2n) is 8.95. The van der Waals surface area contributed by atoms with Crippen molar-refractivity contribution < 1.29 is 28.5 Å². The second kappa shape index (κ2) is 9.86. The van der Waals surface area contributed by atoms with Crippen molar-refractivity contribution >= 4 is 17.8 Å². The van der Waals surface area contributed by atoms with Crippen LogP contribution in [0.3, 0.4) is 0 Å². The molecular formula is C31H23NO6. The summed E-state index contributed by atoms with van der Waals surface area (Å²) in [7, 11) is 1.58. The molecule has 7 heteroatoms. The average molecular weight is 506 g/mol. The third-order valence-corrected chi connectivity index (χ3v) is 6.58. The van der Waals surface area contributed by atoms with E-state index in [0.717, 1.165) is 16.8 Å². The minimum Gasteiger partial charge on any atom is -0.496 e. The molecule has 3 heterocycles. The Bertz CT molecular complexity index is 1580. The number of para-hydroxylation sites is 1. The van der Waals surface area contributed by atoms with E-state index in [0.29, 0.717) is 40.7 Å². The molecule has 188 valence electrons. The van der Waals surface area contributed by atoms with Gasteiger partial charge in [0.1, 0.15) is 29.6 Å². The van der Waals surface area contributed by atoms with Gasteiger partial charge in [0.2, 0.25) is 5.78 Å². The summed E-state index contributed by atoms with van der Waals surface area (Å²) in [5.41, 5.74) is 3.48. The summed E-state index contributed by atoms with van der Waals surface area (Å²) in [6.45, 7) is 0.317. The summed E-state index contributed by atoms with van der Waals surface area (Å²) in [5, 5.41) is 0. The van der Waals surface area contributed by atoms with Crippen LogP contribution in [0.2, 0.25) is 0 Å². The van der Waals surface area contributed by atoms with Gasteiger partial charge in [0, 0.05) is 23.2 Å². The van der Waals surface area contributed by atoms with Crippen molar-refractivity contribution in [2.45, 2.75) is 18.9 Å². The van der Waals surface area contributed by atoms with Gasteiger partial charge in [0.05, 0.1) is 24.8 Å². The molecule has 0 aliphatic carbocycles. The monoisotopic (exact) mass is 505 g/mol. The third-order valence-electron chi connectivity index (χ3n) is 6.58. The van der Waals surface area contributed by atoms with Crippen LogP contribution >= 0.6 is 0 Å². The lowest BCUT2D eigenvalue weighted by molar-refractivity contribution is -0.135. The SMILES string of the molecule is COc1ccccc1C=C1Oc2c(ccc3c2C(c2cccc(OCc4ccccn4)c2)CC(=O)O3)C1=O. The molecule has 0 saturated carbocycles. The van der Waals surface area contributed by atoms with E-state index in [4.69, 9.17) is 18.9 Å². The van der Waals surface area contributed by atoms with Crippen LogP contribution in [0.25, 0.3) is 6.08 Å². The fraction of sp³-hybridized carbons (Fsp3) is 0.129. The molecule has 0 bridgehead atoms. The number of carbonyl (C=O) groups is 2. The summed E-state index contributed by atoms with van der Waals surface area (Å²) >= 11 is 0. The third kappa shape index (κ3) is 4.39. The molecule has 0 spiro atoms. The van der Waals surface area contributed by atoms with Crippen LogP contribution in [-0.4, -0.2) is 23.8 Å². The van der Waals surface area contributed by atoms with Crippen LogP contribution in [0, 0.1) is 0 Å². The minimum absolute atomic E-state index is 0.107. The Morgan fingerprint density at radius 1 is 0.974 bits per heavy atom. The highest BCUT2D eigenvalue weighted by Gasteiger charge is 2.38. The van der Waals surface area contributed by atoms with Crippen molar-refractivity contribution in [3.05, 3.63) is 119 Å². The van der Waals surface area contributed by atoms with Crippen molar-refractivity contribution in [1.29, 1.82) is 0 Å². The number of Topliss-reactive ketones (excluding diaryl/α,β-unsaturated/α-hetero) is 1. The number of carbonyl (C=O) groups excluding carboxylic acids is 2. The highest BCUT2D eigenvalue weighted by atomic mass is 16.5. The van der Waals surface area contributed by atoms with E-state index >= 15 is 0 Å². The molecule has 1 aromatic heterocycles. The zero-order valence-electron chi connectivity index (χ0n) is 20.5. The van der Waals surface area contributed by atoms with E-state index in [9.17, 15) is 9.59 Å². The van der Waals surface area contributed by atoms with Gasteiger partial charge in [0.25, 0.3) is 0 Å². The van der Waals surface area contributed by atoms with Gasteiger partial charge in [-0.1, -0.05) is 36.4 Å². The first-order valence-corrected chi connectivity index (χ1v) is 12.2. The number of hydrogen-bond donors (Lipinski definition) is 0. The topological polar surface area (TPSA) is 83.9 Å². The lowest BCUT2D eigenvalue weighted by atomic mass is 9.84. The van der Waals surface area contributed by atoms with Gasteiger partial charge >= 0.3 is 5.97 Å². The molecule has 0 fully saturated rings. The number of esters is 1. The summed E-state index contributed by atoms with van der Waals surface area (Å²) in [6.07, 6.45) is 3.50. The van der Waals surface area contributed by atoms with Gasteiger partial charge in [-0.05, 0) is 54.1 Å². The summed E-state index contributed by atoms with van der Waals surface area (Å²) in [4.78, 5) is 30.1. The van der Waals surface area contributed by atoms with Gasteiger partial charge in [-0.25, -0.2) is 0 Å². The zero-order valence-corrected chi connectivity index (χ0v) is 20.5. The molecule has 1 unspecified atom stereocenters. The number of aromatic nitrogens is 1. The van der Waals surface area contributed by atoms with Gasteiger partial charge in [-0.2, -0.15) is 0 Å². The highest BCUT2D eigenvalue weighted by Crippen LogP contribution is 2.49. The van der Waals surface area contributed by atoms with Crippen molar-refractivity contribution in [3.8, 4) is 23.0 Å². The van der Waals surface area contributed by atoms with Crippen LogP contribution in [0.5, 0.6) is 23.0 Å². The Kier molecular flexibility index (Phi) is 6.09. The van der Waals surface area contributed by atoms with E-state index in [-0.39, 0.29) is 29.9 Å². The first kappa shape index (κ1) is 23.5. The number of benzene rings is 3. The Balaban J connectivity index is 1.36. The Morgan fingerprint density at radius 2 is 1.84 bits per heavy atom. The molecule has 38 heavy (non-hydrogen) atoms. The van der Waals surface area contributed by atoms with E-state index in [1.807, 2.05) is 66.7 Å². The number of ether oxygens (including phenoxy) is 4. The van der Waals surface area contributed by atoms with Crippen LogP contribution in [0.1, 0.15) is 45.1 Å². The quantitative estimate of drug-likeness (QED) is 0.188. The summed E-state index contributed by atoms with van der Waals surface area (Å²) in [6, 6.07) is 23.9. The molecule has 6 rings (SSSR count). The van der Waals surface area contributed by atoms with Crippen molar-refractivity contribution in [3.63, 3.8) is 0 Å². The van der Waals surface area contributed by atoms with Crippen molar-refractivity contribution in [2.24, 2.45) is 0 Å². The van der Waals surface area contributed by atoms with Crippen molar-refractivity contribution in [2.75, 3.05) is 7.11 Å². The van der Waals surface area contributed by atoms with Crippen LogP contribution < -0.4 is 18.9 Å². The molecule has 0 N–H and O–H groups in total. The van der Waals surface area contributed by atoms with Gasteiger partial charge in [0.15, 0.2) is 5.76 Å². The predicted molar refractivity (Wildman–Crippen MR) is 139 cm³/mol. The molecular weight excluding hydrogens is 482 g/mol. The molecule has 1 atom stereocenters. The molecule has 0 radical (unpaired) electrons. The first-order valence-electron chi connectivity index (χ1n) is 12.2. The smallest absolute Gasteiger partial charge is 0.312 e.